The third-order valence-corrected chi connectivity index (χ3v) is 6.15. The van der Waals surface area contributed by atoms with Gasteiger partial charge in [-0.05, 0) is 60.6 Å². The Balaban J connectivity index is 1.70. The Morgan fingerprint density at radius 1 is 1.07 bits per heavy atom. The van der Waals surface area contributed by atoms with Crippen LogP contribution in [0.25, 0.3) is 0 Å². The number of nitrogens with one attached hydrogen (secondary N) is 4. The normalized spacial score (nSPS) is 17.0. The van der Waals surface area contributed by atoms with Crippen molar-refractivity contribution in [2.45, 2.75) is 97.4 Å². The van der Waals surface area contributed by atoms with Crippen molar-refractivity contribution in [1.82, 2.24) is 41.1 Å². The molecule has 0 aliphatic carbocycles. The van der Waals surface area contributed by atoms with Crippen molar-refractivity contribution in [3.8, 4) is 0 Å². The number of carbonyl (C=O) groups is 5. The first-order valence-corrected chi connectivity index (χ1v) is 14.4. The van der Waals surface area contributed by atoms with Gasteiger partial charge >= 0.3 is 18.2 Å². The topological polar surface area (TPSA) is 250 Å². The lowest BCUT2D eigenvalue weighted by Gasteiger charge is -2.36. The largest absolute Gasteiger partial charge is 0.478 e. The first kappa shape index (κ1) is 34.6. The van der Waals surface area contributed by atoms with Crippen LogP contribution in [0.4, 0.5) is 14.7 Å². The van der Waals surface area contributed by atoms with E-state index in [1.807, 2.05) is 0 Å². The zero-order chi connectivity index (χ0) is 33.7. The summed E-state index contributed by atoms with van der Waals surface area (Å²) >= 11 is 0.945. The number of rotatable bonds is 11. The number of oxime groups is 1. The van der Waals surface area contributed by atoms with Crippen LogP contribution in [0, 0.1) is 0 Å². The molecule has 0 bridgehead atoms. The summed E-state index contributed by atoms with van der Waals surface area (Å²) in [6.07, 6.45) is -1.44. The van der Waals surface area contributed by atoms with Crippen LogP contribution in [0.2, 0.25) is 0 Å². The smallest absolute Gasteiger partial charge is 0.413 e. The first-order chi connectivity index (χ1) is 20.7. The molecule has 1 aliphatic rings. The quantitative estimate of drug-likeness (QED) is 0.128. The van der Waals surface area contributed by atoms with Gasteiger partial charge < -0.3 is 35.4 Å². The van der Waals surface area contributed by atoms with Crippen LogP contribution in [-0.2, 0) is 41.8 Å². The molecule has 3 heterocycles. The lowest BCUT2D eigenvalue weighted by Crippen LogP contribution is -2.70. The monoisotopic (exact) mass is 652 g/mol. The zero-order valence-corrected chi connectivity index (χ0v) is 26.8. The van der Waals surface area contributed by atoms with E-state index in [1.165, 1.54) is 24.0 Å². The second kappa shape index (κ2) is 13.4. The highest BCUT2D eigenvalue weighted by Gasteiger charge is 2.42. The molecular weight excluding hydrogens is 616 g/mol. The van der Waals surface area contributed by atoms with Crippen molar-refractivity contribution < 1.29 is 43.4 Å². The number of thiazole rings is 1. The fourth-order valence-electron chi connectivity index (χ4n) is 3.27. The highest BCUT2D eigenvalue weighted by Crippen LogP contribution is 2.20. The molecule has 0 saturated carbocycles. The van der Waals surface area contributed by atoms with Gasteiger partial charge in [-0.1, -0.05) is 5.16 Å². The average Bonchev–Trinajstić information content (AvgIpc) is 3.53. The second-order valence-electron chi connectivity index (χ2n) is 12.2. The number of carbonyl (C=O) groups excluding carboxylic acids is 4. The van der Waals surface area contributed by atoms with Gasteiger partial charge in [-0.25, -0.2) is 19.4 Å². The minimum Gasteiger partial charge on any atom is -0.478 e. The molecule has 2 aromatic rings. The van der Waals surface area contributed by atoms with Crippen molar-refractivity contribution in [3.05, 3.63) is 16.9 Å². The van der Waals surface area contributed by atoms with Gasteiger partial charge in [0.15, 0.2) is 16.7 Å². The standard InChI is InChI=1S/C25H36N10O9S/c1-23(2,3)42-21(40)26-9-14-31-34-35(32-14)10-12-15(17(36)27-12)29-18(37)16(33-44-25(7,8)19(38)39)13-11-45-20(28-13)30-22(41)43-24(4,5)6/h11-12,15H,9-10H2,1-8H3,(H,26,40)(H,27,36)(H,29,37)(H,38,39)(H,28,30,41)/t12-,15-/m0/s1. The third kappa shape index (κ3) is 10.4. The SMILES string of the molecule is CC(C)(C)OC(=O)NCc1nnn(C[C@@H]2NC(=O)[C@H]2NC(=O)C(=NOC(C)(C)C(=O)O)c2csc(NC(=O)OC(C)(C)C)n2)n1. The molecule has 20 heteroatoms. The number of tetrazole rings is 1. The summed E-state index contributed by atoms with van der Waals surface area (Å²) in [5.74, 6) is -2.60. The number of β-lactam (4-membered cyclic amide) rings is 1. The number of carboxylic acids is 1. The molecule has 0 unspecified atom stereocenters. The van der Waals surface area contributed by atoms with Gasteiger partial charge in [-0.3, -0.25) is 14.9 Å². The van der Waals surface area contributed by atoms with Crippen LogP contribution < -0.4 is 21.3 Å². The van der Waals surface area contributed by atoms with E-state index in [-0.39, 0.29) is 29.7 Å². The van der Waals surface area contributed by atoms with Crippen LogP contribution in [0.5, 0.6) is 0 Å². The number of ether oxygens (including phenoxy) is 2. The molecule has 2 atom stereocenters. The molecule has 19 nitrogen and oxygen atoms in total. The van der Waals surface area contributed by atoms with Crippen molar-refractivity contribution in [1.29, 1.82) is 0 Å². The van der Waals surface area contributed by atoms with Crippen LogP contribution in [0.1, 0.15) is 66.9 Å². The fourth-order valence-corrected chi connectivity index (χ4v) is 3.95. The highest BCUT2D eigenvalue weighted by molar-refractivity contribution is 7.14. The van der Waals surface area contributed by atoms with E-state index in [2.05, 4.69) is 46.8 Å². The van der Waals surface area contributed by atoms with Gasteiger partial charge in [-0.15, -0.1) is 21.5 Å². The van der Waals surface area contributed by atoms with Gasteiger partial charge in [0.1, 0.15) is 22.9 Å². The Morgan fingerprint density at radius 2 is 1.71 bits per heavy atom. The number of aliphatic carboxylic acids is 1. The molecule has 1 fully saturated rings. The van der Waals surface area contributed by atoms with Crippen LogP contribution >= 0.6 is 11.3 Å². The predicted molar refractivity (Wildman–Crippen MR) is 156 cm³/mol. The van der Waals surface area contributed by atoms with Crippen molar-refractivity contribution in [3.63, 3.8) is 0 Å². The first-order valence-electron chi connectivity index (χ1n) is 13.5. The van der Waals surface area contributed by atoms with E-state index < -0.39 is 64.6 Å². The van der Waals surface area contributed by atoms with Gasteiger partial charge in [0, 0.05) is 5.38 Å². The van der Waals surface area contributed by atoms with E-state index in [4.69, 9.17) is 14.3 Å². The molecule has 1 saturated heterocycles. The number of anilines is 1. The molecule has 0 aromatic carbocycles. The van der Waals surface area contributed by atoms with Crippen molar-refractivity contribution >= 4 is 52.2 Å². The highest BCUT2D eigenvalue weighted by atomic mass is 32.1. The summed E-state index contributed by atoms with van der Waals surface area (Å²) in [6, 6.07) is -1.73. The molecule has 3 rings (SSSR count). The number of nitrogens with zero attached hydrogens (tertiary/aromatic N) is 6. The minimum absolute atomic E-state index is 0.00576. The van der Waals surface area contributed by atoms with Crippen LogP contribution in [0.15, 0.2) is 10.5 Å². The molecule has 4 amide bonds. The molecule has 5 N–H and O–H groups in total. The summed E-state index contributed by atoms with van der Waals surface area (Å²) in [5, 5.41) is 36.6. The fraction of sp³-hybridized carbons (Fsp3) is 0.600. The molecule has 45 heavy (non-hydrogen) atoms. The Labute approximate surface area is 261 Å². The van der Waals surface area contributed by atoms with E-state index in [1.54, 1.807) is 41.5 Å². The maximum Gasteiger partial charge on any atom is 0.413 e. The van der Waals surface area contributed by atoms with Gasteiger partial charge in [-0.2, -0.15) is 4.80 Å². The Morgan fingerprint density at radius 3 is 2.31 bits per heavy atom. The Kier molecular flexibility index (Phi) is 10.3. The maximum atomic E-state index is 13.3. The summed E-state index contributed by atoms with van der Waals surface area (Å²) in [4.78, 5) is 71.8. The summed E-state index contributed by atoms with van der Waals surface area (Å²) in [6.45, 7) is 12.6. The van der Waals surface area contributed by atoms with Crippen LogP contribution in [-0.4, -0.2) is 94.9 Å². The number of hydrogen-bond donors (Lipinski definition) is 5. The van der Waals surface area contributed by atoms with Gasteiger partial charge in [0.05, 0.1) is 19.1 Å². The lowest BCUT2D eigenvalue weighted by molar-refractivity contribution is -0.161. The van der Waals surface area contributed by atoms with E-state index in [9.17, 15) is 29.1 Å². The number of alkyl carbamates (subject to hydrolysis) is 1. The molecular formula is C25H36N10O9S. The third-order valence-electron chi connectivity index (χ3n) is 5.39. The zero-order valence-electron chi connectivity index (χ0n) is 26.0. The molecule has 1 aliphatic heterocycles. The Bertz CT molecular complexity index is 1470. The van der Waals surface area contributed by atoms with E-state index in [0.29, 0.717) is 0 Å². The number of carboxylic acid groups (broad SMARTS) is 1. The van der Waals surface area contributed by atoms with Gasteiger partial charge in [0.25, 0.3) is 5.91 Å². The van der Waals surface area contributed by atoms with Crippen molar-refractivity contribution in [2.24, 2.45) is 5.16 Å². The summed E-state index contributed by atoms with van der Waals surface area (Å²) in [5.41, 5.74) is -3.79. The molecule has 0 radical (unpaired) electrons. The maximum absolute atomic E-state index is 13.3. The minimum atomic E-state index is -1.82. The summed E-state index contributed by atoms with van der Waals surface area (Å²) in [7, 11) is 0. The average molecular weight is 653 g/mol. The predicted octanol–water partition coefficient (Wildman–Crippen LogP) is 0.769. The molecule has 2 aromatic heterocycles. The lowest BCUT2D eigenvalue weighted by atomic mass is 9.98. The molecule has 246 valence electrons. The summed E-state index contributed by atoms with van der Waals surface area (Å²) < 4.78 is 10.4. The van der Waals surface area contributed by atoms with Crippen molar-refractivity contribution in [2.75, 3.05) is 5.32 Å². The number of aromatic nitrogens is 5. The number of amides is 4. The van der Waals surface area contributed by atoms with E-state index >= 15 is 0 Å². The van der Waals surface area contributed by atoms with Crippen LogP contribution in [0.3, 0.4) is 0 Å². The second-order valence-corrected chi connectivity index (χ2v) is 13.1. The van der Waals surface area contributed by atoms with Gasteiger partial charge in [0.2, 0.25) is 11.5 Å². The Hall–Kier alpha value is -4.88. The van der Waals surface area contributed by atoms with E-state index in [0.717, 1.165) is 11.3 Å². The number of hydrogen-bond acceptors (Lipinski definition) is 14. The molecule has 0 spiro atoms.